The quantitative estimate of drug-likeness (QED) is 0.418. The normalized spacial score (nSPS) is 13.7. The second-order valence-electron chi connectivity index (χ2n) is 6.58. The Bertz CT molecular complexity index is 945. The van der Waals surface area contributed by atoms with Gasteiger partial charge < -0.3 is 24.3 Å². The number of methoxy groups -OCH3 is 3. The van der Waals surface area contributed by atoms with Gasteiger partial charge in [0, 0.05) is 42.5 Å². The van der Waals surface area contributed by atoms with E-state index in [1.807, 2.05) is 24.4 Å². The fourth-order valence-electron chi connectivity index (χ4n) is 3.31. The van der Waals surface area contributed by atoms with Crippen LogP contribution in [0.4, 0.5) is 5.69 Å². The monoisotopic (exact) mass is 446 g/mol. The summed E-state index contributed by atoms with van der Waals surface area (Å²) in [5.74, 6) is 0.618. The van der Waals surface area contributed by atoms with Gasteiger partial charge in [-0.3, -0.25) is 14.5 Å². The van der Waals surface area contributed by atoms with Crippen molar-refractivity contribution in [2.45, 2.75) is 13.3 Å². The summed E-state index contributed by atoms with van der Waals surface area (Å²) >= 11 is 1.40. The molecule has 2 aromatic rings. The molecule has 0 saturated heterocycles. The summed E-state index contributed by atoms with van der Waals surface area (Å²) in [7, 11) is 4.55. The lowest BCUT2D eigenvalue weighted by Crippen LogP contribution is -2.33. The number of nitrogens with one attached hydrogen (secondary N) is 1. The first-order valence-corrected chi connectivity index (χ1v) is 10.7. The Morgan fingerprint density at radius 2 is 1.74 bits per heavy atom. The molecule has 0 aliphatic carbocycles. The lowest BCUT2D eigenvalue weighted by molar-refractivity contribution is -0.137. The lowest BCUT2D eigenvalue weighted by atomic mass is 10.1. The van der Waals surface area contributed by atoms with E-state index >= 15 is 0 Å². The average Bonchev–Trinajstić information content (AvgIpc) is 3.38. The molecule has 8 nitrogen and oxygen atoms in total. The van der Waals surface area contributed by atoms with Crippen LogP contribution in [0.2, 0.25) is 0 Å². The van der Waals surface area contributed by atoms with Crippen LogP contribution in [0.3, 0.4) is 0 Å². The minimum Gasteiger partial charge on any atom is -0.493 e. The average molecular weight is 447 g/mol. The first-order valence-electron chi connectivity index (χ1n) is 9.84. The molecule has 3 rings (SSSR count). The Hall–Kier alpha value is -3.04. The van der Waals surface area contributed by atoms with Gasteiger partial charge in [-0.15, -0.1) is 11.3 Å². The Balaban J connectivity index is 1.96. The standard InChI is InChI=1S/C22H26N2O6S/c1-5-30-10-7-9-24-21(25)18(17-8-6-11-31-17)19(22(24)26)23-14-12-15(27-2)20(29-4)16(13-14)28-3/h6,8,11-13,23H,5,7,9-10H2,1-4H3. The van der Waals surface area contributed by atoms with Gasteiger partial charge in [0.2, 0.25) is 5.75 Å². The summed E-state index contributed by atoms with van der Waals surface area (Å²) in [6.07, 6.45) is 0.570. The van der Waals surface area contributed by atoms with E-state index in [1.165, 1.54) is 37.6 Å². The van der Waals surface area contributed by atoms with E-state index < -0.39 is 0 Å². The highest BCUT2D eigenvalue weighted by Crippen LogP contribution is 2.41. The minimum atomic E-state index is -0.376. The van der Waals surface area contributed by atoms with Gasteiger partial charge in [-0.2, -0.15) is 0 Å². The van der Waals surface area contributed by atoms with Gasteiger partial charge in [-0.25, -0.2) is 0 Å². The zero-order chi connectivity index (χ0) is 22.4. The van der Waals surface area contributed by atoms with Crippen LogP contribution in [0.1, 0.15) is 18.2 Å². The highest BCUT2D eigenvalue weighted by molar-refractivity contribution is 7.11. The predicted octanol–water partition coefficient (Wildman–Crippen LogP) is 3.39. The van der Waals surface area contributed by atoms with Crippen molar-refractivity contribution in [2.24, 2.45) is 0 Å². The van der Waals surface area contributed by atoms with Gasteiger partial charge in [-0.1, -0.05) is 6.07 Å². The van der Waals surface area contributed by atoms with Gasteiger partial charge in [0.15, 0.2) is 11.5 Å². The van der Waals surface area contributed by atoms with Crippen molar-refractivity contribution in [1.29, 1.82) is 0 Å². The Labute approximate surface area is 185 Å². The molecule has 0 bridgehead atoms. The number of thiophene rings is 1. The van der Waals surface area contributed by atoms with Crippen molar-refractivity contribution < 1.29 is 28.5 Å². The summed E-state index contributed by atoms with van der Waals surface area (Å²) in [5.41, 5.74) is 1.11. The van der Waals surface area contributed by atoms with Crippen LogP contribution in [0, 0.1) is 0 Å². The first kappa shape index (κ1) is 22.6. The zero-order valence-corrected chi connectivity index (χ0v) is 18.8. The van der Waals surface area contributed by atoms with Gasteiger partial charge in [0.1, 0.15) is 5.70 Å². The number of hydrogen-bond acceptors (Lipinski definition) is 8. The molecule has 0 saturated carbocycles. The SMILES string of the molecule is CCOCCCN1C(=O)C(Nc2cc(OC)c(OC)c(OC)c2)=C(c2cccs2)C1=O. The topological polar surface area (TPSA) is 86.3 Å². The second kappa shape index (κ2) is 10.3. The number of hydrogen-bond donors (Lipinski definition) is 1. The van der Waals surface area contributed by atoms with Crippen LogP contribution in [0.5, 0.6) is 17.2 Å². The van der Waals surface area contributed by atoms with Gasteiger partial charge in [-0.05, 0) is 24.8 Å². The molecular formula is C22H26N2O6S. The van der Waals surface area contributed by atoms with Gasteiger partial charge in [0.25, 0.3) is 11.8 Å². The predicted molar refractivity (Wildman–Crippen MR) is 119 cm³/mol. The molecule has 31 heavy (non-hydrogen) atoms. The number of carbonyl (C=O) groups is 2. The molecule has 0 radical (unpaired) electrons. The smallest absolute Gasteiger partial charge is 0.278 e. The molecule has 166 valence electrons. The fraction of sp³-hybridized carbons (Fsp3) is 0.364. The van der Waals surface area contributed by atoms with E-state index in [2.05, 4.69) is 5.32 Å². The summed E-state index contributed by atoms with van der Waals surface area (Å²) in [6, 6.07) is 7.05. The Morgan fingerprint density at radius 3 is 2.29 bits per heavy atom. The zero-order valence-electron chi connectivity index (χ0n) is 18.0. The maximum atomic E-state index is 13.2. The Kier molecular flexibility index (Phi) is 7.54. The summed E-state index contributed by atoms with van der Waals surface area (Å²) in [5, 5.41) is 4.99. The van der Waals surface area contributed by atoms with Crippen molar-refractivity contribution in [2.75, 3.05) is 46.4 Å². The third-order valence-corrected chi connectivity index (χ3v) is 5.63. The molecule has 0 spiro atoms. The number of anilines is 1. The number of amides is 2. The molecule has 0 unspecified atom stereocenters. The highest BCUT2D eigenvalue weighted by atomic mass is 32.1. The van der Waals surface area contributed by atoms with Crippen molar-refractivity contribution in [1.82, 2.24) is 4.90 Å². The molecule has 1 aliphatic rings. The lowest BCUT2D eigenvalue weighted by Gasteiger charge is -2.16. The van der Waals surface area contributed by atoms with Gasteiger partial charge in [0.05, 0.1) is 26.9 Å². The molecule has 0 fully saturated rings. The van der Waals surface area contributed by atoms with E-state index in [-0.39, 0.29) is 24.1 Å². The van der Waals surface area contributed by atoms with Crippen LogP contribution in [0.15, 0.2) is 35.3 Å². The molecule has 2 amide bonds. The maximum absolute atomic E-state index is 13.2. The summed E-state index contributed by atoms with van der Waals surface area (Å²) in [4.78, 5) is 28.3. The number of ether oxygens (including phenoxy) is 4. The molecule has 1 aromatic carbocycles. The maximum Gasteiger partial charge on any atom is 0.278 e. The number of imide groups is 1. The molecule has 0 atom stereocenters. The van der Waals surface area contributed by atoms with E-state index in [0.29, 0.717) is 48.1 Å². The van der Waals surface area contributed by atoms with Gasteiger partial charge >= 0.3 is 0 Å². The number of benzene rings is 1. The second-order valence-corrected chi connectivity index (χ2v) is 7.53. The molecule has 2 heterocycles. The molecular weight excluding hydrogens is 420 g/mol. The molecule has 9 heteroatoms. The molecule has 1 N–H and O–H groups in total. The van der Waals surface area contributed by atoms with Crippen LogP contribution >= 0.6 is 11.3 Å². The third kappa shape index (κ3) is 4.67. The van der Waals surface area contributed by atoms with Crippen molar-refractivity contribution >= 4 is 34.4 Å². The number of rotatable bonds is 11. The van der Waals surface area contributed by atoms with E-state index in [9.17, 15) is 9.59 Å². The highest BCUT2D eigenvalue weighted by Gasteiger charge is 2.39. The number of carbonyl (C=O) groups excluding carboxylic acids is 2. The van der Waals surface area contributed by atoms with Crippen molar-refractivity contribution in [3.8, 4) is 17.2 Å². The Morgan fingerprint density at radius 1 is 1.03 bits per heavy atom. The minimum absolute atomic E-state index is 0.220. The van der Waals surface area contributed by atoms with E-state index in [0.717, 1.165) is 4.88 Å². The largest absolute Gasteiger partial charge is 0.493 e. The van der Waals surface area contributed by atoms with Crippen molar-refractivity contribution in [3.63, 3.8) is 0 Å². The third-order valence-electron chi connectivity index (χ3n) is 4.74. The summed E-state index contributed by atoms with van der Waals surface area (Å²) in [6.45, 7) is 3.26. The van der Waals surface area contributed by atoms with Crippen molar-refractivity contribution in [3.05, 3.63) is 40.2 Å². The van der Waals surface area contributed by atoms with Crippen LogP contribution in [0.25, 0.3) is 5.57 Å². The van der Waals surface area contributed by atoms with Crippen LogP contribution in [-0.4, -0.2) is 57.8 Å². The fourth-order valence-corrected chi connectivity index (χ4v) is 4.08. The van der Waals surface area contributed by atoms with E-state index in [4.69, 9.17) is 18.9 Å². The molecule has 1 aliphatic heterocycles. The number of nitrogens with zero attached hydrogens (tertiary/aromatic N) is 1. The molecule has 1 aromatic heterocycles. The van der Waals surface area contributed by atoms with Crippen LogP contribution < -0.4 is 19.5 Å². The van der Waals surface area contributed by atoms with E-state index in [1.54, 1.807) is 12.1 Å². The van der Waals surface area contributed by atoms with Crippen LogP contribution in [-0.2, 0) is 14.3 Å². The first-order chi connectivity index (χ1) is 15.0. The summed E-state index contributed by atoms with van der Waals surface area (Å²) < 4.78 is 21.5.